The fourth-order valence-corrected chi connectivity index (χ4v) is 4.07. The van der Waals surface area contributed by atoms with Gasteiger partial charge in [0, 0.05) is 12.5 Å². The van der Waals surface area contributed by atoms with Crippen LogP contribution in [-0.2, 0) is 19.1 Å². The molecule has 1 amide bonds. The van der Waals surface area contributed by atoms with Gasteiger partial charge in [-0.1, -0.05) is 31.2 Å². The Morgan fingerprint density at radius 1 is 1.14 bits per heavy atom. The van der Waals surface area contributed by atoms with Gasteiger partial charge in [-0.05, 0) is 17.6 Å². The van der Waals surface area contributed by atoms with Crippen LogP contribution in [0.1, 0.15) is 19.4 Å². The van der Waals surface area contributed by atoms with E-state index < -0.39 is 29.8 Å². The molecule has 112 valence electrons. The highest BCUT2D eigenvalue weighted by molar-refractivity contribution is 6.08. The van der Waals surface area contributed by atoms with E-state index in [9.17, 15) is 14.4 Å². The number of nitrogens with zero attached hydrogens (tertiary/aromatic N) is 1. The Morgan fingerprint density at radius 3 is 2.55 bits per heavy atom. The Bertz CT molecular complexity index is 751. The zero-order valence-corrected chi connectivity index (χ0v) is 12.3. The zero-order chi connectivity index (χ0) is 15.6. The normalized spacial score (nSPS) is 32.1. The summed E-state index contributed by atoms with van der Waals surface area (Å²) < 4.78 is 4.86. The van der Waals surface area contributed by atoms with E-state index in [1.807, 2.05) is 37.3 Å². The molecule has 5 heteroatoms. The van der Waals surface area contributed by atoms with Gasteiger partial charge in [0.05, 0.1) is 23.6 Å². The molecule has 22 heavy (non-hydrogen) atoms. The summed E-state index contributed by atoms with van der Waals surface area (Å²) in [7, 11) is 0. The number of benzene rings is 1. The lowest BCUT2D eigenvalue weighted by molar-refractivity contribution is -0.154. The van der Waals surface area contributed by atoms with Gasteiger partial charge < -0.3 is 9.64 Å². The maximum Gasteiger partial charge on any atom is 0.319 e. The lowest BCUT2D eigenvalue weighted by atomic mass is 9.71. The van der Waals surface area contributed by atoms with Gasteiger partial charge in [0.2, 0.25) is 5.91 Å². The predicted molar refractivity (Wildman–Crippen MR) is 78.6 cm³/mol. The van der Waals surface area contributed by atoms with E-state index in [1.54, 1.807) is 4.90 Å². The number of rotatable bonds is 0. The second-order valence-corrected chi connectivity index (χ2v) is 6.12. The Morgan fingerprint density at radius 2 is 1.82 bits per heavy atom. The number of allylic oxidation sites excluding steroid dienone is 1. The summed E-state index contributed by atoms with van der Waals surface area (Å²) in [5.74, 6) is -2.33. The van der Waals surface area contributed by atoms with Crippen molar-refractivity contribution in [1.29, 1.82) is 0 Å². The van der Waals surface area contributed by atoms with E-state index in [4.69, 9.17) is 4.74 Å². The fraction of sp³-hybridized carbons (Fsp3) is 0.353. The van der Waals surface area contributed by atoms with Crippen molar-refractivity contribution in [3.8, 4) is 0 Å². The summed E-state index contributed by atoms with van der Waals surface area (Å²) >= 11 is 0. The van der Waals surface area contributed by atoms with Gasteiger partial charge in [0.15, 0.2) is 0 Å². The van der Waals surface area contributed by atoms with Crippen LogP contribution in [0.25, 0.3) is 5.57 Å². The number of hydrogen-bond donors (Lipinski definition) is 0. The lowest BCUT2D eigenvalue weighted by Crippen LogP contribution is -2.47. The molecule has 0 N–H and O–H groups in total. The Labute approximate surface area is 127 Å². The predicted octanol–water partition coefficient (Wildman–Crippen LogP) is 1.77. The highest BCUT2D eigenvalue weighted by Crippen LogP contribution is 2.51. The van der Waals surface area contributed by atoms with E-state index in [1.165, 1.54) is 6.92 Å². The van der Waals surface area contributed by atoms with Gasteiger partial charge in [0.25, 0.3) is 0 Å². The maximum atomic E-state index is 12.2. The van der Waals surface area contributed by atoms with E-state index in [-0.39, 0.29) is 11.8 Å². The van der Waals surface area contributed by atoms with Gasteiger partial charge in [-0.3, -0.25) is 14.4 Å². The SMILES string of the molecule is CC(=O)N1c2ccccc2C2=C[C@H](C)[C@@H]3C(=O)OC(=O)[C@@H]3[C@@H]21. The van der Waals surface area contributed by atoms with Crippen molar-refractivity contribution in [3.63, 3.8) is 0 Å². The van der Waals surface area contributed by atoms with Crippen molar-refractivity contribution in [2.24, 2.45) is 17.8 Å². The van der Waals surface area contributed by atoms with Crippen molar-refractivity contribution in [1.82, 2.24) is 0 Å². The summed E-state index contributed by atoms with van der Waals surface area (Å²) in [6.45, 7) is 3.40. The number of hydrogen-bond acceptors (Lipinski definition) is 4. The molecule has 0 bridgehead atoms. The average molecular weight is 297 g/mol. The number of amides is 1. The number of anilines is 1. The molecule has 1 aromatic rings. The van der Waals surface area contributed by atoms with Crippen LogP contribution in [0.15, 0.2) is 30.3 Å². The largest absolute Gasteiger partial charge is 0.393 e. The first kappa shape index (κ1) is 13.2. The van der Waals surface area contributed by atoms with Crippen molar-refractivity contribution in [3.05, 3.63) is 35.9 Å². The number of ether oxygens (including phenoxy) is 1. The van der Waals surface area contributed by atoms with Crippen LogP contribution in [0.4, 0.5) is 5.69 Å². The maximum absolute atomic E-state index is 12.2. The molecule has 5 nitrogen and oxygen atoms in total. The summed E-state index contributed by atoms with van der Waals surface area (Å²) in [4.78, 5) is 38.0. The molecule has 1 saturated heterocycles. The zero-order valence-electron chi connectivity index (χ0n) is 12.3. The third-order valence-electron chi connectivity index (χ3n) is 4.89. The van der Waals surface area contributed by atoms with Crippen LogP contribution in [0.3, 0.4) is 0 Å². The van der Waals surface area contributed by atoms with Crippen LogP contribution < -0.4 is 4.90 Å². The molecular formula is C17H15NO4. The molecule has 4 rings (SSSR count). The first-order valence-corrected chi connectivity index (χ1v) is 7.37. The molecule has 0 saturated carbocycles. The van der Waals surface area contributed by atoms with E-state index in [2.05, 4.69) is 0 Å². The molecule has 0 aromatic heterocycles. The number of para-hydroxylation sites is 1. The molecule has 0 unspecified atom stereocenters. The van der Waals surface area contributed by atoms with Gasteiger partial charge in [0.1, 0.15) is 0 Å². The summed E-state index contributed by atoms with van der Waals surface area (Å²) in [5.41, 5.74) is 2.71. The fourth-order valence-electron chi connectivity index (χ4n) is 4.07. The van der Waals surface area contributed by atoms with Gasteiger partial charge in [-0.2, -0.15) is 0 Å². The summed E-state index contributed by atoms with van der Waals surface area (Å²) in [5, 5.41) is 0. The Kier molecular flexibility index (Phi) is 2.58. The average Bonchev–Trinajstić information content (AvgIpc) is 2.94. The smallest absolute Gasteiger partial charge is 0.319 e. The molecule has 2 aliphatic heterocycles. The standard InChI is InChI=1S/C17H15NO4/c1-8-7-11-10-5-3-4-6-12(10)18(9(2)19)15(11)14-13(8)16(20)22-17(14)21/h3-8,13-15H,1-2H3/t8-,13-,14-,15+/m0/s1. The minimum atomic E-state index is -0.612. The third-order valence-corrected chi connectivity index (χ3v) is 4.89. The number of fused-ring (bicyclic) bond motifs is 5. The Hall–Kier alpha value is -2.43. The van der Waals surface area contributed by atoms with E-state index in [0.717, 1.165) is 16.8 Å². The first-order valence-electron chi connectivity index (χ1n) is 7.37. The first-order chi connectivity index (χ1) is 10.5. The number of cyclic esters (lactones) is 2. The van der Waals surface area contributed by atoms with Crippen molar-refractivity contribution < 1.29 is 19.1 Å². The Balaban J connectivity index is 1.95. The summed E-state index contributed by atoms with van der Waals surface area (Å²) in [6.07, 6.45) is 2.01. The molecule has 0 spiro atoms. The van der Waals surface area contributed by atoms with Crippen LogP contribution in [0.2, 0.25) is 0 Å². The quantitative estimate of drug-likeness (QED) is 0.541. The molecule has 3 aliphatic rings. The van der Waals surface area contributed by atoms with Crippen LogP contribution in [0, 0.1) is 17.8 Å². The molecular weight excluding hydrogens is 282 g/mol. The minimum Gasteiger partial charge on any atom is -0.393 e. The van der Waals surface area contributed by atoms with E-state index >= 15 is 0 Å². The van der Waals surface area contributed by atoms with Crippen LogP contribution in [-0.4, -0.2) is 23.9 Å². The molecule has 1 aliphatic carbocycles. The van der Waals surface area contributed by atoms with Gasteiger partial charge in [-0.25, -0.2) is 0 Å². The molecule has 0 radical (unpaired) electrons. The van der Waals surface area contributed by atoms with Crippen molar-refractivity contribution in [2.75, 3.05) is 4.90 Å². The van der Waals surface area contributed by atoms with Gasteiger partial charge in [-0.15, -0.1) is 0 Å². The highest BCUT2D eigenvalue weighted by Gasteiger charge is 2.58. The molecule has 1 aromatic carbocycles. The highest BCUT2D eigenvalue weighted by atomic mass is 16.6. The monoisotopic (exact) mass is 297 g/mol. The topological polar surface area (TPSA) is 63.7 Å². The molecule has 1 fully saturated rings. The number of carbonyl (C=O) groups is 3. The summed E-state index contributed by atoms with van der Waals surface area (Å²) in [6, 6.07) is 7.17. The second-order valence-electron chi connectivity index (χ2n) is 6.12. The van der Waals surface area contributed by atoms with Crippen LogP contribution >= 0.6 is 0 Å². The van der Waals surface area contributed by atoms with Crippen molar-refractivity contribution >= 4 is 29.1 Å². The van der Waals surface area contributed by atoms with Crippen LogP contribution in [0.5, 0.6) is 0 Å². The minimum absolute atomic E-state index is 0.0878. The number of esters is 2. The molecule has 4 atom stereocenters. The second kappa shape index (κ2) is 4.29. The lowest BCUT2D eigenvalue weighted by Gasteiger charge is -2.34. The number of carbonyl (C=O) groups excluding carboxylic acids is 3. The van der Waals surface area contributed by atoms with E-state index in [0.29, 0.717) is 0 Å². The van der Waals surface area contributed by atoms with Gasteiger partial charge >= 0.3 is 11.9 Å². The third kappa shape index (κ3) is 1.51. The molecule has 2 heterocycles. The van der Waals surface area contributed by atoms with Crippen molar-refractivity contribution in [2.45, 2.75) is 19.9 Å².